The van der Waals surface area contributed by atoms with Crippen LogP contribution in [0.4, 0.5) is 0 Å². The van der Waals surface area contributed by atoms with Gasteiger partial charge < -0.3 is 14.9 Å². The molecule has 1 unspecified atom stereocenters. The van der Waals surface area contributed by atoms with E-state index in [0.717, 1.165) is 0 Å². The highest BCUT2D eigenvalue weighted by atomic mass is 16.4. The van der Waals surface area contributed by atoms with E-state index in [1.54, 1.807) is 4.90 Å². The molecule has 0 aromatic rings. The average Bonchev–Trinajstić information content (AvgIpc) is 2.86. The summed E-state index contributed by atoms with van der Waals surface area (Å²) in [4.78, 5) is 37.8. The van der Waals surface area contributed by atoms with Crippen LogP contribution in [0.25, 0.3) is 0 Å². The molecule has 1 N–H and O–H groups in total. The molecule has 0 aliphatic carbocycles. The number of aliphatic carboxylic acids is 1. The summed E-state index contributed by atoms with van der Waals surface area (Å²) < 4.78 is 0. The first kappa shape index (κ1) is 15.5. The number of hydrogen-bond donors (Lipinski definition) is 1. The highest BCUT2D eigenvalue weighted by Crippen LogP contribution is 2.19. The number of carbonyl (C=O) groups is 3. The van der Waals surface area contributed by atoms with Gasteiger partial charge in [-0.2, -0.15) is 0 Å². The maximum Gasteiger partial charge on any atom is 0.326 e. The Morgan fingerprint density at radius 3 is 2.37 bits per heavy atom. The molecule has 6 heteroatoms. The predicted octanol–water partition coefficient (Wildman–Crippen LogP) is 0.711. The van der Waals surface area contributed by atoms with Crippen molar-refractivity contribution in [3.8, 4) is 0 Å². The molecule has 6 nitrogen and oxygen atoms in total. The Kier molecular flexibility index (Phi) is 5.79. The number of carboxylic acids is 1. The lowest BCUT2D eigenvalue weighted by Gasteiger charge is -2.22. The highest BCUT2D eigenvalue weighted by Gasteiger charge is 2.33. The van der Waals surface area contributed by atoms with Gasteiger partial charge in [-0.15, -0.1) is 0 Å². The molecule has 1 aliphatic heterocycles. The monoisotopic (exact) mass is 270 g/mol. The molecule has 0 bridgehead atoms. The summed E-state index contributed by atoms with van der Waals surface area (Å²) in [6.07, 6.45) is 1.47. The Balaban J connectivity index is 2.47. The minimum Gasteiger partial charge on any atom is -0.480 e. The van der Waals surface area contributed by atoms with Gasteiger partial charge in [-0.25, -0.2) is 4.79 Å². The van der Waals surface area contributed by atoms with Crippen molar-refractivity contribution in [2.24, 2.45) is 0 Å². The van der Waals surface area contributed by atoms with E-state index in [-0.39, 0.29) is 24.7 Å². The molecule has 19 heavy (non-hydrogen) atoms. The zero-order chi connectivity index (χ0) is 14.4. The van der Waals surface area contributed by atoms with Gasteiger partial charge in [0.2, 0.25) is 11.8 Å². The van der Waals surface area contributed by atoms with E-state index >= 15 is 0 Å². The number of amides is 2. The molecule has 0 radical (unpaired) electrons. The topological polar surface area (TPSA) is 77.9 Å². The van der Waals surface area contributed by atoms with Crippen molar-refractivity contribution in [3.63, 3.8) is 0 Å². The minimum absolute atomic E-state index is 0.0515. The third-order valence-corrected chi connectivity index (χ3v) is 3.53. The average molecular weight is 270 g/mol. The van der Waals surface area contributed by atoms with Gasteiger partial charge in [-0.1, -0.05) is 0 Å². The van der Waals surface area contributed by atoms with Crippen molar-refractivity contribution in [2.75, 3.05) is 19.6 Å². The van der Waals surface area contributed by atoms with Gasteiger partial charge in [0.1, 0.15) is 6.04 Å². The number of likely N-dealkylation sites (tertiary alicyclic amines) is 1. The third-order valence-electron chi connectivity index (χ3n) is 3.53. The predicted molar refractivity (Wildman–Crippen MR) is 69.5 cm³/mol. The van der Waals surface area contributed by atoms with E-state index in [4.69, 9.17) is 5.11 Å². The summed E-state index contributed by atoms with van der Waals surface area (Å²) in [6.45, 7) is 5.53. The fourth-order valence-electron chi connectivity index (χ4n) is 2.41. The van der Waals surface area contributed by atoms with Crippen molar-refractivity contribution in [1.82, 2.24) is 9.80 Å². The van der Waals surface area contributed by atoms with Gasteiger partial charge in [0, 0.05) is 32.5 Å². The number of hydrogen-bond acceptors (Lipinski definition) is 3. The van der Waals surface area contributed by atoms with Crippen molar-refractivity contribution in [3.05, 3.63) is 0 Å². The molecular weight excluding hydrogens is 248 g/mol. The molecule has 108 valence electrons. The highest BCUT2D eigenvalue weighted by molar-refractivity contribution is 5.87. The lowest BCUT2D eigenvalue weighted by atomic mass is 10.2. The lowest BCUT2D eigenvalue weighted by molar-refractivity contribution is -0.148. The van der Waals surface area contributed by atoms with Crippen LogP contribution in [0, 0.1) is 0 Å². The third kappa shape index (κ3) is 3.94. The van der Waals surface area contributed by atoms with Gasteiger partial charge in [0.25, 0.3) is 0 Å². The summed E-state index contributed by atoms with van der Waals surface area (Å²) in [6, 6.07) is -0.712. The van der Waals surface area contributed by atoms with Crippen LogP contribution < -0.4 is 0 Å². The SMILES string of the molecule is CCN(CC)C(=O)CCC(=O)N1CCCC1C(=O)O. The number of nitrogens with zero attached hydrogens (tertiary/aromatic N) is 2. The van der Waals surface area contributed by atoms with Crippen molar-refractivity contribution >= 4 is 17.8 Å². The van der Waals surface area contributed by atoms with Crippen LogP contribution in [0.15, 0.2) is 0 Å². The van der Waals surface area contributed by atoms with Crippen LogP contribution >= 0.6 is 0 Å². The van der Waals surface area contributed by atoms with Crippen LogP contribution in [0.1, 0.15) is 39.5 Å². The van der Waals surface area contributed by atoms with Crippen LogP contribution in [0.5, 0.6) is 0 Å². The number of carbonyl (C=O) groups excluding carboxylic acids is 2. The lowest BCUT2D eigenvalue weighted by Crippen LogP contribution is -2.41. The molecule has 1 saturated heterocycles. The van der Waals surface area contributed by atoms with Gasteiger partial charge >= 0.3 is 5.97 Å². The van der Waals surface area contributed by atoms with Crippen molar-refractivity contribution in [1.29, 1.82) is 0 Å². The maximum atomic E-state index is 12.0. The number of rotatable bonds is 6. The summed E-state index contributed by atoms with van der Waals surface area (Å²) in [5, 5.41) is 9.01. The molecular formula is C13H22N2O4. The quantitative estimate of drug-likeness (QED) is 0.771. The second kappa shape index (κ2) is 7.11. The Bertz CT molecular complexity index is 353. The molecule has 0 saturated carbocycles. The summed E-state index contributed by atoms with van der Waals surface area (Å²) in [5.41, 5.74) is 0. The first-order valence-electron chi connectivity index (χ1n) is 6.81. The first-order valence-corrected chi connectivity index (χ1v) is 6.81. The molecule has 0 aromatic heterocycles. The second-order valence-electron chi connectivity index (χ2n) is 4.65. The summed E-state index contributed by atoms with van der Waals surface area (Å²) in [5.74, 6) is -1.24. The van der Waals surface area contributed by atoms with Crippen molar-refractivity contribution < 1.29 is 19.5 Å². The van der Waals surface area contributed by atoms with Gasteiger partial charge in [-0.05, 0) is 26.7 Å². The molecule has 1 fully saturated rings. The molecule has 2 amide bonds. The van der Waals surface area contributed by atoms with Crippen LogP contribution in [-0.2, 0) is 14.4 Å². The molecule has 0 spiro atoms. The Morgan fingerprint density at radius 1 is 1.21 bits per heavy atom. The van der Waals surface area contributed by atoms with Crippen LogP contribution in [0.3, 0.4) is 0 Å². The van der Waals surface area contributed by atoms with Gasteiger partial charge in [0.05, 0.1) is 0 Å². The zero-order valence-corrected chi connectivity index (χ0v) is 11.6. The normalized spacial score (nSPS) is 18.4. The Morgan fingerprint density at radius 2 is 1.84 bits per heavy atom. The van der Waals surface area contributed by atoms with Crippen LogP contribution in [-0.4, -0.2) is 58.4 Å². The van der Waals surface area contributed by atoms with E-state index in [0.29, 0.717) is 32.5 Å². The fraction of sp³-hybridized carbons (Fsp3) is 0.769. The molecule has 1 atom stereocenters. The van der Waals surface area contributed by atoms with E-state index in [2.05, 4.69) is 0 Å². The van der Waals surface area contributed by atoms with E-state index in [1.807, 2.05) is 13.8 Å². The van der Waals surface area contributed by atoms with Crippen LogP contribution in [0.2, 0.25) is 0 Å². The Hall–Kier alpha value is -1.59. The largest absolute Gasteiger partial charge is 0.480 e. The fourth-order valence-corrected chi connectivity index (χ4v) is 2.41. The standard InChI is InChI=1S/C13H22N2O4/c1-3-14(4-2)11(16)7-8-12(17)15-9-5-6-10(15)13(18)19/h10H,3-9H2,1-2H3,(H,18,19). The van der Waals surface area contributed by atoms with E-state index in [9.17, 15) is 14.4 Å². The summed E-state index contributed by atoms with van der Waals surface area (Å²) >= 11 is 0. The second-order valence-corrected chi connectivity index (χ2v) is 4.65. The van der Waals surface area contributed by atoms with Gasteiger partial charge in [0.15, 0.2) is 0 Å². The first-order chi connectivity index (χ1) is 9.01. The maximum absolute atomic E-state index is 12.0. The van der Waals surface area contributed by atoms with E-state index < -0.39 is 12.0 Å². The smallest absolute Gasteiger partial charge is 0.326 e. The molecule has 1 rings (SSSR count). The van der Waals surface area contributed by atoms with Crippen molar-refractivity contribution in [2.45, 2.75) is 45.6 Å². The number of carboxylic acid groups (broad SMARTS) is 1. The Labute approximate surface area is 113 Å². The summed E-state index contributed by atoms with van der Waals surface area (Å²) in [7, 11) is 0. The van der Waals surface area contributed by atoms with E-state index in [1.165, 1.54) is 4.90 Å². The molecule has 0 aromatic carbocycles. The zero-order valence-electron chi connectivity index (χ0n) is 11.6. The molecule has 1 aliphatic rings. The molecule has 1 heterocycles. The van der Waals surface area contributed by atoms with Gasteiger partial charge in [-0.3, -0.25) is 9.59 Å². The minimum atomic E-state index is -0.957.